The Hall–Kier alpha value is -2.48. The number of sulfonamides is 1. The Labute approximate surface area is 203 Å². The number of pyridine rings is 1. The van der Waals surface area contributed by atoms with E-state index in [0.29, 0.717) is 11.2 Å². The Morgan fingerprint density at radius 2 is 1.62 bits per heavy atom. The molecule has 0 amide bonds. The van der Waals surface area contributed by atoms with E-state index in [1.165, 1.54) is 63.8 Å². The number of nitrogens with zero attached hydrogens (tertiary/aromatic N) is 3. The van der Waals surface area contributed by atoms with E-state index in [1.54, 1.807) is 18.3 Å². The Balaban J connectivity index is 1.15. The van der Waals surface area contributed by atoms with Crippen LogP contribution in [-0.4, -0.2) is 62.0 Å². The standard InChI is InChI=1S/C27H34N4O2S/c32-34(33,26-8-4-6-23-7-5-16-28-27(23)26)29-24-11-9-22(10-12-24)13-19-30-20-14-25(15-21-30)31-17-2-1-3-18-31/h4-12,16,25,29H,1-3,13-15,17-21H2. The molecule has 2 aromatic carbocycles. The van der Waals surface area contributed by atoms with Crippen LogP contribution in [0.1, 0.15) is 37.7 Å². The lowest BCUT2D eigenvalue weighted by Gasteiger charge is -2.40. The lowest BCUT2D eigenvalue weighted by atomic mass is 9.99. The summed E-state index contributed by atoms with van der Waals surface area (Å²) in [5.74, 6) is 0. The Morgan fingerprint density at radius 1 is 0.882 bits per heavy atom. The van der Waals surface area contributed by atoms with Crippen molar-refractivity contribution in [1.82, 2.24) is 14.8 Å². The van der Waals surface area contributed by atoms with Crippen molar-refractivity contribution >= 4 is 26.6 Å². The molecule has 2 saturated heterocycles. The average Bonchev–Trinajstić information content (AvgIpc) is 2.88. The van der Waals surface area contributed by atoms with Gasteiger partial charge in [-0.25, -0.2) is 8.42 Å². The van der Waals surface area contributed by atoms with E-state index in [-0.39, 0.29) is 4.90 Å². The van der Waals surface area contributed by atoms with Crippen molar-refractivity contribution in [2.24, 2.45) is 0 Å². The molecule has 0 radical (unpaired) electrons. The zero-order valence-corrected chi connectivity index (χ0v) is 20.5. The molecule has 0 unspecified atom stereocenters. The molecular weight excluding hydrogens is 444 g/mol. The number of likely N-dealkylation sites (tertiary alicyclic amines) is 2. The first kappa shape index (κ1) is 23.3. The molecule has 34 heavy (non-hydrogen) atoms. The van der Waals surface area contributed by atoms with Crippen LogP contribution < -0.4 is 4.72 Å². The molecule has 7 heteroatoms. The smallest absolute Gasteiger partial charge is 0.264 e. The molecule has 0 spiro atoms. The first-order valence-corrected chi connectivity index (χ1v) is 14.0. The van der Waals surface area contributed by atoms with Crippen LogP contribution in [0.15, 0.2) is 65.7 Å². The van der Waals surface area contributed by atoms with Gasteiger partial charge in [0.15, 0.2) is 0 Å². The van der Waals surface area contributed by atoms with Crippen LogP contribution in [0.25, 0.3) is 10.9 Å². The van der Waals surface area contributed by atoms with E-state index < -0.39 is 10.0 Å². The number of benzene rings is 2. The lowest BCUT2D eigenvalue weighted by molar-refractivity contribution is 0.0931. The van der Waals surface area contributed by atoms with Crippen molar-refractivity contribution in [3.8, 4) is 0 Å². The largest absolute Gasteiger partial charge is 0.303 e. The van der Waals surface area contributed by atoms with Crippen molar-refractivity contribution in [2.75, 3.05) is 37.4 Å². The molecule has 1 N–H and O–H groups in total. The molecule has 2 aliphatic rings. The molecule has 5 rings (SSSR count). The summed E-state index contributed by atoms with van der Waals surface area (Å²) in [5, 5.41) is 0.806. The quantitative estimate of drug-likeness (QED) is 0.541. The topological polar surface area (TPSA) is 65.5 Å². The van der Waals surface area contributed by atoms with Gasteiger partial charge in [-0.15, -0.1) is 0 Å². The highest BCUT2D eigenvalue weighted by Crippen LogP contribution is 2.24. The molecule has 0 saturated carbocycles. The van der Waals surface area contributed by atoms with Crippen LogP contribution >= 0.6 is 0 Å². The summed E-state index contributed by atoms with van der Waals surface area (Å²) in [6, 6.07) is 17.4. The fraction of sp³-hybridized carbons (Fsp3) is 0.444. The number of nitrogens with one attached hydrogen (secondary N) is 1. The summed E-state index contributed by atoms with van der Waals surface area (Å²) in [4.78, 5) is 9.76. The highest BCUT2D eigenvalue weighted by molar-refractivity contribution is 7.93. The molecule has 180 valence electrons. The fourth-order valence-electron chi connectivity index (χ4n) is 5.32. The maximum Gasteiger partial charge on any atom is 0.264 e. The maximum atomic E-state index is 13.0. The molecular formula is C27H34N4O2S. The molecule has 0 bridgehead atoms. The van der Waals surface area contributed by atoms with Gasteiger partial charge < -0.3 is 9.80 Å². The molecule has 6 nitrogen and oxygen atoms in total. The first-order valence-electron chi connectivity index (χ1n) is 12.5. The van der Waals surface area contributed by atoms with Gasteiger partial charge in [0.2, 0.25) is 0 Å². The normalized spacial score (nSPS) is 18.8. The summed E-state index contributed by atoms with van der Waals surface area (Å²) in [6.45, 7) is 5.99. The minimum absolute atomic E-state index is 0.197. The van der Waals surface area contributed by atoms with Gasteiger partial charge in [0.25, 0.3) is 10.0 Å². The SMILES string of the molecule is O=S(=O)(Nc1ccc(CCN2CCC(N3CCCCC3)CC2)cc1)c1cccc2cccnc12. The van der Waals surface area contributed by atoms with E-state index >= 15 is 0 Å². The van der Waals surface area contributed by atoms with Gasteiger partial charge >= 0.3 is 0 Å². The zero-order valence-electron chi connectivity index (χ0n) is 19.7. The number of piperidine rings is 2. The molecule has 1 aromatic heterocycles. The third kappa shape index (κ3) is 5.43. The number of aromatic nitrogens is 1. The van der Waals surface area contributed by atoms with Crippen molar-refractivity contribution in [3.05, 3.63) is 66.4 Å². The van der Waals surface area contributed by atoms with Gasteiger partial charge in [0.1, 0.15) is 4.90 Å². The minimum atomic E-state index is -3.72. The van der Waals surface area contributed by atoms with Crippen LogP contribution in [0.5, 0.6) is 0 Å². The number of hydrogen-bond donors (Lipinski definition) is 1. The fourth-order valence-corrected chi connectivity index (χ4v) is 6.56. The van der Waals surface area contributed by atoms with E-state index in [4.69, 9.17) is 0 Å². The van der Waals surface area contributed by atoms with Crippen molar-refractivity contribution in [3.63, 3.8) is 0 Å². The first-order chi connectivity index (χ1) is 16.6. The van der Waals surface area contributed by atoms with Crippen LogP contribution in [0.4, 0.5) is 5.69 Å². The second kappa shape index (κ2) is 10.4. The highest BCUT2D eigenvalue weighted by atomic mass is 32.2. The Bertz CT molecular complexity index is 1190. The van der Waals surface area contributed by atoms with Gasteiger partial charge in [-0.2, -0.15) is 0 Å². The van der Waals surface area contributed by atoms with Gasteiger partial charge in [0.05, 0.1) is 5.52 Å². The second-order valence-corrected chi connectivity index (χ2v) is 11.2. The summed E-state index contributed by atoms with van der Waals surface area (Å²) in [7, 11) is -3.72. The Kier molecular flexibility index (Phi) is 7.13. The summed E-state index contributed by atoms with van der Waals surface area (Å²) < 4.78 is 28.7. The number of hydrogen-bond acceptors (Lipinski definition) is 5. The number of anilines is 1. The van der Waals surface area contributed by atoms with E-state index in [0.717, 1.165) is 24.4 Å². The van der Waals surface area contributed by atoms with Gasteiger partial charge in [0, 0.05) is 29.9 Å². The van der Waals surface area contributed by atoms with E-state index in [9.17, 15) is 8.42 Å². The lowest BCUT2D eigenvalue weighted by Crippen LogP contribution is -2.47. The highest BCUT2D eigenvalue weighted by Gasteiger charge is 2.25. The van der Waals surface area contributed by atoms with Gasteiger partial charge in [-0.1, -0.05) is 36.8 Å². The third-order valence-corrected chi connectivity index (χ3v) is 8.69. The molecule has 0 atom stereocenters. The molecule has 0 aliphatic carbocycles. The van der Waals surface area contributed by atoms with Crippen molar-refractivity contribution < 1.29 is 8.42 Å². The predicted octanol–water partition coefficient (Wildman–Crippen LogP) is 4.53. The van der Waals surface area contributed by atoms with Gasteiger partial charge in [-0.3, -0.25) is 9.71 Å². The minimum Gasteiger partial charge on any atom is -0.303 e. The summed E-state index contributed by atoms with van der Waals surface area (Å²) in [6.07, 6.45) is 9.29. The second-order valence-electron chi connectivity index (χ2n) is 9.55. The van der Waals surface area contributed by atoms with Crippen LogP contribution in [0.3, 0.4) is 0 Å². The monoisotopic (exact) mass is 478 g/mol. The molecule has 3 heterocycles. The van der Waals surface area contributed by atoms with E-state index in [2.05, 4.69) is 19.5 Å². The zero-order chi connectivity index (χ0) is 23.4. The van der Waals surface area contributed by atoms with Crippen LogP contribution in [0, 0.1) is 0 Å². The molecule has 2 aliphatic heterocycles. The third-order valence-electron chi connectivity index (χ3n) is 7.27. The van der Waals surface area contributed by atoms with Gasteiger partial charge in [-0.05, 0) is 88.1 Å². The van der Waals surface area contributed by atoms with Crippen LogP contribution in [0.2, 0.25) is 0 Å². The van der Waals surface area contributed by atoms with Crippen molar-refractivity contribution in [1.29, 1.82) is 0 Å². The van der Waals surface area contributed by atoms with E-state index in [1.807, 2.05) is 42.5 Å². The molecule has 3 aromatic rings. The number of fused-ring (bicyclic) bond motifs is 1. The number of para-hydroxylation sites is 1. The molecule has 2 fully saturated rings. The summed E-state index contributed by atoms with van der Waals surface area (Å²) in [5.41, 5.74) is 2.28. The summed E-state index contributed by atoms with van der Waals surface area (Å²) >= 11 is 0. The maximum absolute atomic E-state index is 13.0. The van der Waals surface area contributed by atoms with Crippen LogP contribution in [-0.2, 0) is 16.4 Å². The van der Waals surface area contributed by atoms with Crippen molar-refractivity contribution in [2.45, 2.75) is 49.5 Å². The number of rotatable bonds is 7. The predicted molar refractivity (Wildman–Crippen MR) is 138 cm³/mol. The Morgan fingerprint density at radius 3 is 2.38 bits per heavy atom. The average molecular weight is 479 g/mol.